The summed E-state index contributed by atoms with van der Waals surface area (Å²) in [5, 5.41) is 17.8. The molecule has 0 heterocycles. The number of hydrogen-bond acceptors (Lipinski definition) is 5. The number of esters is 1. The highest BCUT2D eigenvalue weighted by Gasteiger charge is 2.15. The lowest BCUT2D eigenvalue weighted by Crippen LogP contribution is -2.26. The van der Waals surface area contributed by atoms with Crippen molar-refractivity contribution in [3.63, 3.8) is 0 Å². The van der Waals surface area contributed by atoms with Gasteiger partial charge in [0.25, 0.3) is 0 Å². The molecule has 76 valence electrons. The molecule has 0 fully saturated rings. The lowest BCUT2D eigenvalue weighted by atomic mass is 10.2. The average Bonchev–Trinajstić information content (AvgIpc) is 1.81. The van der Waals surface area contributed by atoms with Crippen LogP contribution in [0.3, 0.4) is 0 Å². The Kier molecular flexibility index (Phi) is 4.06. The van der Waals surface area contributed by atoms with Crippen molar-refractivity contribution in [1.82, 2.24) is 0 Å². The van der Waals surface area contributed by atoms with Gasteiger partial charge in [0.15, 0.2) is 5.79 Å². The van der Waals surface area contributed by atoms with E-state index in [-0.39, 0.29) is 5.57 Å². The third-order valence-electron chi connectivity index (χ3n) is 1.10. The van der Waals surface area contributed by atoms with Gasteiger partial charge in [0, 0.05) is 5.57 Å². The first-order valence-electron chi connectivity index (χ1n) is 3.83. The molecule has 0 saturated carbocycles. The number of ether oxygens (including phenoxy) is 1. The number of hydrogen-bond donors (Lipinski definition) is 3. The number of nitrogens with two attached hydrogens (primary N) is 1. The summed E-state index contributed by atoms with van der Waals surface area (Å²) in [6.07, 6.45) is 0.275. The largest absolute Gasteiger partial charge is 0.444 e. The summed E-state index contributed by atoms with van der Waals surface area (Å²) in [5.74, 6) is -2.68. The first kappa shape index (κ1) is 12.1. The molecule has 0 saturated heterocycles. The van der Waals surface area contributed by atoms with Crippen LogP contribution in [-0.2, 0) is 9.53 Å². The van der Waals surface area contributed by atoms with E-state index in [1.807, 2.05) is 0 Å². The van der Waals surface area contributed by atoms with Crippen molar-refractivity contribution in [2.45, 2.75) is 32.8 Å². The summed E-state index contributed by atoms with van der Waals surface area (Å²) in [6.45, 7) is 4.05. The second-order valence-electron chi connectivity index (χ2n) is 3.03. The minimum absolute atomic E-state index is 0.102. The van der Waals surface area contributed by atoms with Gasteiger partial charge in [0.2, 0.25) is 0 Å². The Hall–Kier alpha value is -0.910. The van der Waals surface area contributed by atoms with E-state index in [0.29, 0.717) is 0 Å². The molecule has 5 heteroatoms. The predicted octanol–water partition coefficient (Wildman–Crippen LogP) is -0.519. The SMILES string of the molecule is C/C(=C\C(C)(O)O)C(=O)OC(C)N. The first-order valence-corrected chi connectivity index (χ1v) is 3.83. The van der Waals surface area contributed by atoms with Crippen LogP contribution >= 0.6 is 0 Å². The van der Waals surface area contributed by atoms with Crippen LogP contribution in [0.15, 0.2) is 11.6 Å². The van der Waals surface area contributed by atoms with Gasteiger partial charge in [0.1, 0.15) is 6.23 Å². The van der Waals surface area contributed by atoms with Crippen LogP contribution in [-0.4, -0.2) is 28.2 Å². The summed E-state index contributed by atoms with van der Waals surface area (Å²) in [4.78, 5) is 11.0. The maximum Gasteiger partial charge on any atom is 0.335 e. The van der Waals surface area contributed by atoms with Gasteiger partial charge in [-0.2, -0.15) is 0 Å². The van der Waals surface area contributed by atoms with Crippen LogP contribution in [0.5, 0.6) is 0 Å². The van der Waals surface area contributed by atoms with Crippen LogP contribution in [0, 0.1) is 0 Å². The highest BCUT2D eigenvalue weighted by Crippen LogP contribution is 2.06. The zero-order valence-electron chi connectivity index (χ0n) is 7.94. The maximum atomic E-state index is 11.0. The summed E-state index contributed by atoms with van der Waals surface area (Å²) < 4.78 is 4.61. The van der Waals surface area contributed by atoms with Crippen LogP contribution in [0.25, 0.3) is 0 Å². The molecule has 0 aliphatic heterocycles. The van der Waals surface area contributed by atoms with Crippen molar-refractivity contribution in [2.75, 3.05) is 0 Å². The minimum Gasteiger partial charge on any atom is -0.444 e. The lowest BCUT2D eigenvalue weighted by Gasteiger charge is -2.12. The minimum atomic E-state index is -2.01. The van der Waals surface area contributed by atoms with Gasteiger partial charge < -0.3 is 14.9 Å². The second kappa shape index (κ2) is 4.36. The summed E-state index contributed by atoms with van der Waals surface area (Å²) in [5.41, 5.74) is 5.30. The van der Waals surface area contributed by atoms with Crippen molar-refractivity contribution in [3.05, 3.63) is 11.6 Å². The van der Waals surface area contributed by atoms with Crippen LogP contribution in [0.4, 0.5) is 0 Å². The smallest absolute Gasteiger partial charge is 0.335 e. The topological polar surface area (TPSA) is 92.8 Å². The average molecular weight is 189 g/mol. The van der Waals surface area contributed by atoms with E-state index in [2.05, 4.69) is 4.74 Å². The molecule has 0 aromatic rings. The molecule has 0 radical (unpaired) electrons. The van der Waals surface area contributed by atoms with Gasteiger partial charge in [-0.1, -0.05) is 0 Å². The molecule has 0 aromatic carbocycles. The quantitative estimate of drug-likeness (QED) is 0.315. The number of carbonyl (C=O) groups is 1. The Bertz CT molecular complexity index is 215. The van der Waals surface area contributed by atoms with Crippen molar-refractivity contribution in [3.8, 4) is 0 Å². The molecule has 1 unspecified atom stereocenters. The summed E-state index contributed by atoms with van der Waals surface area (Å²) in [7, 11) is 0. The summed E-state index contributed by atoms with van der Waals surface area (Å²) >= 11 is 0. The third kappa shape index (κ3) is 6.27. The zero-order chi connectivity index (χ0) is 10.6. The Labute approximate surface area is 76.8 Å². The van der Waals surface area contributed by atoms with Crippen LogP contribution in [0.1, 0.15) is 20.8 Å². The Morgan fingerprint density at radius 1 is 1.62 bits per heavy atom. The fourth-order valence-electron chi connectivity index (χ4n) is 0.731. The van der Waals surface area contributed by atoms with E-state index >= 15 is 0 Å². The molecule has 0 aliphatic rings. The fourth-order valence-corrected chi connectivity index (χ4v) is 0.731. The standard InChI is InChI=1S/C8H15NO4/c1-5(4-8(3,11)12)7(10)13-6(2)9/h4,6,11-12H,9H2,1-3H3/b5-4+. The normalized spacial score (nSPS) is 15.4. The van der Waals surface area contributed by atoms with Gasteiger partial charge in [-0.3, -0.25) is 5.73 Å². The Balaban J connectivity index is 4.34. The van der Waals surface area contributed by atoms with E-state index in [1.54, 1.807) is 0 Å². The van der Waals surface area contributed by atoms with Crippen molar-refractivity contribution >= 4 is 5.97 Å². The van der Waals surface area contributed by atoms with Crippen molar-refractivity contribution in [2.24, 2.45) is 5.73 Å². The van der Waals surface area contributed by atoms with E-state index in [1.165, 1.54) is 13.8 Å². The molecular weight excluding hydrogens is 174 g/mol. The van der Waals surface area contributed by atoms with Crippen molar-refractivity contribution in [1.29, 1.82) is 0 Å². The Morgan fingerprint density at radius 2 is 2.08 bits per heavy atom. The number of rotatable bonds is 3. The molecule has 0 aromatic heterocycles. The fraction of sp³-hybridized carbons (Fsp3) is 0.625. The third-order valence-corrected chi connectivity index (χ3v) is 1.10. The highest BCUT2D eigenvalue weighted by molar-refractivity contribution is 5.87. The molecule has 13 heavy (non-hydrogen) atoms. The number of aliphatic hydroxyl groups is 2. The highest BCUT2D eigenvalue weighted by atomic mass is 16.6. The van der Waals surface area contributed by atoms with Gasteiger partial charge in [-0.05, 0) is 26.8 Å². The number of carbonyl (C=O) groups excluding carboxylic acids is 1. The molecule has 0 bridgehead atoms. The predicted molar refractivity (Wildman–Crippen MR) is 46.3 cm³/mol. The Morgan fingerprint density at radius 3 is 2.38 bits per heavy atom. The molecule has 5 nitrogen and oxygen atoms in total. The molecule has 0 rings (SSSR count). The van der Waals surface area contributed by atoms with E-state index in [0.717, 1.165) is 13.0 Å². The van der Waals surface area contributed by atoms with Gasteiger partial charge in [0.05, 0.1) is 0 Å². The molecule has 0 amide bonds. The van der Waals surface area contributed by atoms with Gasteiger partial charge in [-0.25, -0.2) is 4.79 Å². The molecular formula is C8H15NO4. The first-order chi connectivity index (χ1) is 5.72. The van der Waals surface area contributed by atoms with Gasteiger partial charge in [-0.15, -0.1) is 0 Å². The van der Waals surface area contributed by atoms with E-state index < -0.39 is 18.0 Å². The van der Waals surface area contributed by atoms with Gasteiger partial charge >= 0.3 is 5.97 Å². The zero-order valence-corrected chi connectivity index (χ0v) is 7.94. The maximum absolute atomic E-state index is 11.0. The monoisotopic (exact) mass is 189 g/mol. The summed E-state index contributed by atoms with van der Waals surface area (Å²) in [6, 6.07) is 0. The van der Waals surface area contributed by atoms with E-state index in [4.69, 9.17) is 15.9 Å². The lowest BCUT2D eigenvalue weighted by molar-refractivity contribution is -0.144. The van der Waals surface area contributed by atoms with Crippen molar-refractivity contribution < 1.29 is 19.7 Å². The molecule has 0 spiro atoms. The van der Waals surface area contributed by atoms with Crippen LogP contribution < -0.4 is 5.73 Å². The molecule has 1 atom stereocenters. The van der Waals surface area contributed by atoms with Crippen LogP contribution in [0.2, 0.25) is 0 Å². The molecule has 0 aliphatic carbocycles. The molecule has 4 N–H and O–H groups in total. The van der Waals surface area contributed by atoms with E-state index in [9.17, 15) is 4.79 Å². The second-order valence-corrected chi connectivity index (χ2v) is 3.03.